The molecule has 11 atom stereocenters. The first-order chi connectivity index (χ1) is 21.3. The maximum Gasteiger partial charge on any atom is 0.414 e. The van der Waals surface area contributed by atoms with Crippen LogP contribution in [0.2, 0.25) is 0 Å². The van der Waals surface area contributed by atoms with Gasteiger partial charge in [-0.05, 0) is 75.0 Å². The van der Waals surface area contributed by atoms with Crippen molar-refractivity contribution < 1.29 is 95.1 Å². The van der Waals surface area contributed by atoms with E-state index in [1.807, 2.05) is 0 Å². The van der Waals surface area contributed by atoms with Gasteiger partial charge in [0, 0.05) is 78.4 Å². The number of alkyl halides is 6. The predicted octanol–water partition coefficient (Wildman–Crippen LogP) is 11.2. The summed E-state index contributed by atoms with van der Waals surface area (Å²) in [4.78, 5) is 0. The van der Waals surface area contributed by atoms with Gasteiger partial charge in [-0.1, -0.05) is 79.1 Å². The monoisotopic (exact) mass is 861 g/mol. The van der Waals surface area contributed by atoms with E-state index in [1.165, 1.54) is 70.6 Å². The number of rotatable bonds is 8. The standard InChI is InChI=1S/C29H54O2P2.C5H6F6O2.Eu/c1-22-12-11-16-26(20-22)32(30,27-17-8-5-13-23(27)2)21-33(31,28-18-9-6-14-24(28)3)29-19-10-7-15-25(29)4;6-4(7,8)2(12)1-3(13)5(9,10)11;/h22-29H,5-21H2,1-4H3;2-3,12-13H,1H2;. The Morgan fingerprint density at radius 2 is 0.936 bits per heavy atom. The first-order valence-electron chi connectivity index (χ1n) is 18.0. The number of hydrogen-bond donors (Lipinski definition) is 2. The molecule has 4 aliphatic carbocycles. The summed E-state index contributed by atoms with van der Waals surface area (Å²) in [6, 6.07) is 0. The minimum Gasteiger partial charge on any atom is -0.384 e. The molecule has 0 amide bonds. The summed E-state index contributed by atoms with van der Waals surface area (Å²) in [7, 11) is -5.08. The maximum absolute atomic E-state index is 15.7. The van der Waals surface area contributed by atoms with Crippen LogP contribution < -0.4 is 0 Å². The van der Waals surface area contributed by atoms with Crippen LogP contribution in [0.5, 0.6) is 0 Å². The van der Waals surface area contributed by atoms with Gasteiger partial charge in [0.15, 0.2) is 12.2 Å². The molecule has 4 rings (SSSR count). The third-order valence-corrected chi connectivity index (χ3v) is 23.0. The first-order valence-corrected chi connectivity index (χ1v) is 22.0. The fourth-order valence-corrected chi connectivity index (χ4v) is 22.9. The molecule has 2 N–H and O–H groups in total. The van der Waals surface area contributed by atoms with E-state index >= 15 is 9.13 Å². The Bertz CT molecular complexity index is 999. The van der Waals surface area contributed by atoms with E-state index in [2.05, 4.69) is 27.7 Å². The molecule has 0 bridgehead atoms. The summed E-state index contributed by atoms with van der Waals surface area (Å²) in [5.41, 5.74) is 1.42. The molecule has 4 saturated carbocycles. The summed E-state index contributed by atoms with van der Waals surface area (Å²) in [6.45, 7) is 9.55. The van der Waals surface area contributed by atoms with Gasteiger partial charge in [0.2, 0.25) is 0 Å². The van der Waals surface area contributed by atoms with E-state index in [0.717, 1.165) is 32.1 Å². The van der Waals surface area contributed by atoms with Crippen LogP contribution in [-0.2, 0) is 9.13 Å². The van der Waals surface area contributed by atoms with Gasteiger partial charge in [-0.2, -0.15) is 26.3 Å². The molecule has 0 aromatic carbocycles. The zero-order chi connectivity index (χ0) is 34.5. The second-order valence-corrected chi connectivity index (χ2v) is 22.9. The Morgan fingerprint density at radius 1 is 0.574 bits per heavy atom. The predicted molar refractivity (Wildman–Crippen MR) is 175 cm³/mol. The van der Waals surface area contributed by atoms with Crippen LogP contribution in [0.4, 0.5) is 26.3 Å². The summed E-state index contributed by atoms with van der Waals surface area (Å²) in [6.07, 6.45) is 1.16. The molecular weight excluding hydrogens is 800 g/mol. The van der Waals surface area contributed by atoms with Crippen LogP contribution in [-0.4, -0.2) is 63.3 Å². The summed E-state index contributed by atoms with van der Waals surface area (Å²) < 4.78 is 100. The largest absolute Gasteiger partial charge is 0.414 e. The molecule has 0 saturated heterocycles. The third-order valence-electron chi connectivity index (χ3n) is 12.1. The van der Waals surface area contributed by atoms with Gasteiger partial charge in [-0.25, -0.2) is 0 Å². The van der Waals surface area contributed by atoms with Crippen molar-refractivity contribution >= 4 is 14.3 Å². The topological polar surface area (TPSA) is 74.6 Å². The van der Waals surface area contributed by atoms with E-state index in [0.29, 0.717) is 52.2 Å². The molecule has 0 aromatic heterocycles. The Hall–Kier alpha value is 1.54. The molecule has 4 aliphatic rings. The zero-order valence-corrected chi connectivity index (χ0v) is 33.0. The normalized spacial score (nSPS) is 36.3. The van der Waals surface area contributed by atoms with Crippen molar-refractivity contribution in [2.24, 2.45) is 23.7 Å². The number of aliphatic hydroxyl groups is 2. The van der Waals surface area contributed by atoms with Crippen molar-refractivity contribution in [2.45, 2.75) is 184 Å². The molecule has 0 heterocycles. The van der Waals surface area contributed by atoms with E-state index in [9.17, 15) is 26.3 Å². The van der Waals surface area contributed by atoms with Gasteiger partial charge in [0.1, 0.15) is 14.3 Å². The molecule has 0 spiro atoms. The van der Waals surface area contributed by atoms with Gasteiger partial charge in [0.05, 0.1) is 5.90 Å². The van der Waals surface area contributed by atoms with Crippen LogP contribution in [0.25, 0.3) is 0 Å². The van der Waals surface area contributed by atoms with Crippen LogP contribution in [0.1, 0.15) is 137 Å². The first kappa shape index (κ1) is 44.7. The fraction of sp³-hybridized carbons (Fsp3) is 1.00. The molecule has 4 nitrogen and oxygen atoms in total. The summed E-state index contributed by atoms with van der Waals surface area (Å²) in [5.74, 6) is 3.03. The molecule has 0 aromatic rings. The number of halogens is 6. The van der Waals surface area contributed by atoms with Crippen molar-refractivity contribution in [3.05, 3.63) is 0 Å². The fourth-order valence-electron chi connectivity index (χ4n) is 9.41. The number of aliphatic hydroxyl groups excluding tert-OH is 2. The van der Waals surface area contributed by atoms with Crippen molar-refractivity contribution in [1.82, 2.24) is 0 Å². The quantitative estimate of drug-likeness (QED) is 0.188. The van der Waals surface area contributed by atoms with Gasteiger partial charge < -0.3 is 19.3 Å². The van der Waals surface area contributed by atoms with Crippen LogP contribution in [0, 0.1) is 73.0 Å². The smallest absolute Gasteiger partial charge is 0.384 e. The van der Waals surface area contributed by atoms with Crippen molar-refractivity contribution in [2.75, 3.05) is 5.90 Å². The van der Waals surface area contributed by atoms with E-state index in [1.54, 1.807) is 0 Å². The van der Waals surface area contributed by atoms with Crippen LogP contribution >= 0.6 is 14.3 Å². The van der Waals surface area contributed by atoms with Crippen molar-refractivity contribution in [3.8, 4) is 0 Å². The van der Waals surface area contributed by atoms with Crippen molar-refractivity contribution in [1.29, 1.82) is 0 Å². The Balaban J connectivity index is 0.000000468. The maximum atomic E-state index is 15.7. The average molecular weight is 861 g/mol. The Labute approximate surface area is 320 Å². The van der Waals surface area contributed by atoms with Gasteiger partial charge in [-0.3, -0.25) is 0 Å². The van der Waals surface area contributed by atoms with E-state index < -0.39 is 45.3 Å². The second-order valence-electron chi connectivity index (χ2n) is 15.6. The summed E-state index contributed by atoms with van der Waals surface area (Å²) in [5, 5.41) is 16.3. The molecule has 47 heavy (non-hydrogen) atoms. The Kier molecular flexibility index (Phi) is 18.1. The zero-order valence-electron chi connectivity index (χ0n) is 28.8. The molecule has 13 heteroatoms. The molecule has 0 aliphatic heterocycles. The van der Waals surface area contributed by atoms with E-state index in [4.69, 9.17) is 10.2 Å². The van der Waals surface area contributed by atoms with Crippen LogP contribution in [0.15, 0.2) is 0 Å². The minimum absolute atomic E-state index is 0. The minimum atomic E-state index is -5.15. The van der Waals surface area contributed by atoms with Crippen molar-refractivity contribution in [3.63, 3.8) is 0 Å². The summed E-state index contributed by atoms with van der Waals surface area (Å²) >= 11 is 0. The number of hydrogen-bond acceptors (Lipinski definition) is 4. The van der Waals surface area contributed by atoms with E-state index in [-0.39, 0.29) is 49.4 Å². The molecule has 4 fully saturated rings. The molecular formula is C34H60EuF6O4P2. The molecule has 11 unspecified atom stereocenters. The average Bonchev–Trinajstić information content (AvgIpc) is 2.97. The SMILES string of the molecule is CC1CCCC(P(=O)(CP(=O)(C2CCCCC2C)C2CCCCC2C)C2CCCCC2C)C1.OC(CC(O)C(F)(F)F)C(F)(F)F.[Eu]. The third kappa shape index (κ3) is 12.0. The van der Waals surface area contributed by atoms with Gasteiger partial charge >= 0.3 is 12.4 Å². The Morgan fingerprint density at radius 3 is 1.28 bits per heavy atom. The van der Waals surface area contributed by atoms with Crippen LogP contribution in [0.3, 0.4) is 0 Å². The van der Waals surface area contributed by atoms with Gasteiger partial charge in [-0.15, -0.1) is 0 Å². The molecule has 1 radical (unpaired) electrons. The molecule has 279 valence electrons. The second kappa shape index (κ2) is 19.0. The van der Waals surface area contributed by atoms with Gasteiger partial charge in [0.25, 0.3) is 0 Å².